The fourth-order valence-corrected chi connectivity index (χ4v) is 4.58. The molecule has 29 heavy (non-hydrogen) atoms. The Bertz CT molecular complexity index is 934. The Hall–Kier alpha value is -2.07. The average Bonchev–Trinajstić information content (AvgIpc) is 3.40. The molecule has 0 saturated carbocycles. The number of cyclic esters (lactones) is 1. The number of carbonyl (C=O) groups is 1. The van der Waals surface area contributed by atoms with Crippen molar-refractivity contribution < 1.29 is 28.3 Å². The molecule has 3 fully saturated rings. The van der Waals surface area contributed by atoms with Crippen LogP contribution in [0.1, 0.15) is 25.7 Å². The number of amides is 1. The summed E-state index contributed by atoms with van der Waals surface area (Å²) >= 11 is 6.85. The Morgan fingerprint density at radius 1 is 1.14 bits per heavy atom. The number of hydrogen-bond acceptors (Lipinski definition) is 8. The molecular weight excluding hydrogens is 402 g/mol. The van der Waals surface area contributed by atoms with Gasteiger partial charge in [-0.15, -0.1) is 0 Å². The van der Waals surface area contributed by atoms with E-state index in [1.165, 1.54) is 4.90 Å². The number of anilines is 2. The molecule has 1 aromatic heterocycles. The standard InChI is InChI=1S/C19H22ClN3O6/c1-10-8-22(9-11(2)28-10)15-12(18-25-5-6-26-18)7-13-16(14(15)20)29-21-17(13)23-3-4-27-19(23)24/h7,10-11,18H,3-6,8-9H2,1-2H3/t10-,11-/m1/s1. The fourth-order valence-electron chi connectivity index (χ4n) is 4.22. The van der Waals surface area contributed by atoms with Gasteiger partial charge in [-0.25, -0.2) is 4.79 Å². The zero-order valence-electron chi connectivity index (χ0n) is 16.2. The van der Waals surface area contributed by atoms with Crippen LogP contribution in [0.15, 0.2) is 10.6 Å². The molecule has 0 spiro atoms. The number of hydrogen-bond donors (Lipinski definition) is 0. The molecule has 156 valence electrons. The smallest absolute Gasteiger partial charge is 0.415 e. The third-order valence-electron chi connectivity index (χ3n) is 5.32. The van der Waals surface area contributed by atoms with Crippen LogP contribution in [0.2, 0.25) is 5.02 Å². The number of rotatable bonds is 3. The third kappa shape index (κ3) is 3.22. The zero-order valence-corrected chi connectivity index (χ0v) is 17.0. The lowest BCUT2D eigenvalue weighted by molar-refractivity contribution is -0.0443. The Morgan fingerprint density at radius 2 is 1.86 bits per heavy atom. The summed E-state index contributed by atoms with van der Waals surface area (Å²) in [6.45, 7) is 7.14. The maximum Gasteiger partial charge on any atom is 0.415 e. The van der Waals surface area contributed by atoms with Crippen LogP contribution in [0, 0.1) is 0 Å². The largest absolute Gasteiger partial charge is 0.447 e. The van der Waals surface area contributed by atoms with Gasteiger partial charge in [0.25, 0.3) is 0 Å². The molecule has 4 heterocycles. The third-order valence-corrected chi connectivity index (χ3v) is 5.67. The molecule has 5 rings (SSSR count). The van der Waals surface area contributed by atoms with E-state index in [1.807, 2.05) is 19.9 Å². The van der Waals surface area contributed by atoms with E-state index in [1.54, 1.807) is 0 Å². The fraction of sp³-hybridized carbons (Fsp3) is 0.579. The molecule has 0 unspecified atom stereocenters. The maximum atomic E-state index is 12.0. The predicted octanol–water partition coefficient (Wildman–Crippen LogP) is 3.10. The van der Waals surface area contributed by atoms with Crippen molar-refractivity contribution in [2.75, 3.05) is 49.3 Å². The molecule has 0 radical (unpaired) electrons. The average molecular weight is 424 g/mol. The summed E-state index contributed by atoms with van der Waals surface area (Å²) in [7, 11) is 0. The van der Waals surface area contributed by atoms with E-state index in [-0.39, 0.29) is 12.2 Å². The molecule has 0 N–H and O–H groups in total. The van der Waals surface area contributed by atoms with Gasteiger partial charge < -0.3 is 28.4 Å². The number of ether oxygens (including phenoxy) is 4. The van der Waals surface area contributed by atoms with E-state index >= 15 is 0 Å². The summed E-state index contributed by atoms with van der Waals surface area (Å²) in [4.78, 5) is 15.7. The second-order valence-electron chi connectivity index (χ2n) is 7.51. The number of nitrogens with zero attached hydrogens (tertiary/aromatic N) is 3. The van der Waals surface area contributed by atoms with Crippen molar-refractivity contribution in [3.63, 3.8) is 0 Å². The normalized spacial score (nSPS) is 26.0. The van der Waals surface area contributed by atoms with E-state index in [9.17, 15) is 4.79 Å². The molecule has 9 nitrogen and oxygen atoms in total. The van der Waals surface area contributed by atoms with Gasteiger partial charge in [0.05, 0.1) is 43.0 Å². The Kier molecular flexibility index (Phi) is 4.78. The van der Waals surface area contributed by atoms with Gasteiger partial charge in [-0.1, -0.05) is 16.8 Å². The first-order valence-electron chi connectivity index (χ1n) is 9.72. The van der Waals surface area contributed by atoms with Crippen molar-refractivity contribution in [1.29, 1.82) is 0 Å². The lowest BCUT2D eigenvalue weighted by Crippen LogP contribution is -2.46. The van der Waals surface area contributed by atoms with Gasteiger partial charge in [0.1, 0.15) is 11.6 Å². The molecule has 1 amide bonds. The topological polar surface area (TPSA) is 86.5 Å². The molecule has 3 aliphatic rings. The number of morpholine rings is 1. The summed E-state index contributed by atoms with van der Waals surface area (Å²) in [6, 6.07) is 1.90. The van der Waals surface area contributed by atoms with Crippen LogP contribution in [0.5, 0.6) is 0 Å². The minimum atomic E-state index is -0.548. The number of halogens is 1. The van der Waals surface area contributed by atoms with Gasteiger partial charge in [-0.05, 0) is 19.9 Å². The highest BCUT2D eigenvalue weighted by atomic mass is 35.5. The summed E-state index contributed by atoms with van der Waals surface area (Å²) in [5.74, 6) is 0.388. The molecule has 10 heteroatoms. The molecular formula is C19H22ClN3O6. The molecule has 2 aromatic rings. The summed E-state index contributed by atoms with van der Waals surface area (Å²) in [5, 5.41) is 5.16. The van der Waals surface area contributed by atoms with E-state index in [2.05, 4.69) is 10.1 Å². The molecule has 0 aliphatic carbocycles. The van der Waals surface area contributed by atoms with Gasteiger partial charge in [-0.2, -0.15) is 0 Å². The van der Waals surface area contributed by atoms with Crippen molar-refractivity contribution in [2.45, 2.75) is 32.3 Å². The Morgan fingerprint density at radius 3 is 2.52 bits per heavy atom. The second-order valence-corrected chi connectivity index (χ2v) is 7.89. The number of carbonyl (C=O) groups excluding carboxylic acids is 1. The predicted molar refractivity (Wildman–Crippen MR) is 105 cm³/mol. The van der Waals surface area contributed by atoms with Crippen LogP contribution in [0.4, 0.5) is 16.3 Å². The quantitative estimate of drug-likeness (QED) is 0.744. The lowest BCUT2D eigenvalue weighted by atomic mass is 10.1. The monoisotopic (exact) mass is 423 g/mol. The van der Waals surface area contributed by atoms with Crippen LogP contribution in [0.3, 0.4) is 0 Å². The highest BCUT2D eigenvalue weighted by Crippen LogP contribution is 2.45. The highest BCUT2D eigenvalue weighted by Gasteiger charge is 2.35. The van der Waals surface area contributed by atoms with E-state index < -0.39 is 12.4 Å². The van der Waals surface area contributed by atoms with Crippen molar-refractivity contribution in [2.24, 2.45) is 0 Å². The summed E-state index contributed by atoms with van der Waals surface area (Å²) in [5.41, 5.74) is 2.00. The summed E-state index contributed by atoms with van der Waals surface area (Å²) < 4.78 is 28.1. The van der Waals surface area contributed by atoms with Crippen LogP contribution >= 0.6 is 11.6 Å². The van der Waals surface area contributed by atoms with Gasteiger partial charge in [-0.3, -0.25) is 4.90 Å². The molecule has 1 aromatic carbocycles. The van der Waals surface area contributed by atoms with Gasteiger partial charge in [0.2, 0.25) is 0 Å². The van der Waals surface area contributed by atoms with Crippen molar-refractivity contribution in [3.05, 3.63) is 16.7 Å². The molecule has 0 bridgehead atoms. The van der Waals surface area contributed by atoms with Crippen LogP contribution < -0.4 is 9.80 Å². The first kappa shape index (κ1) is 18.9. The van der Waals surface area contributed by atoms with Gasteiger partial charge >= 0.3 is 6.09 Å². The number of fused-ring (bicyclic) bond motifs is 1. The van der Waals surface area contributed by atoms with E-state index in [0.29, 0.717) is 61.3 Å². The van der Waals surface area contributed by atoms with Crippen LogP contribution in [-0.2, 0) is 18.9 Å². The second kappa shape index (κ2) is 7.32. The first-order chi connectivity index (χ1) is 14.0. The minimum absolute atomic E-state index is 0.0495. The number of benzene rings is 1. The maximum absolute atomic E-state index is 12.0. The van der Waals surface area contributed by atoms with Crippen LogP contribution in [0.25, 0.3) is 11.0 Å². The van der Waals surface area contributed by atoms with Crippen molar-refractivity contribution >= 4 is 40.2 Å². The summed E-state index contributed by atoms with van der Waals surface area (Å²) in [6.07, 6.45) is -0.901. The molecule has 3 saturated heterocycles. The van der Waals surface area contributed by atoms with E-state index in [4.69, 9.17) is 35.1 Å². The SMILES string of the molecule is C[C@@H]1CN(c2c(C3OCCO3)cc3c(N4CCOC4=O)noc3c2Cl)C[C@@H](C)O1. The van der Waals surface area contributed by atoms with E-state index in [0.717, 1.165) is 11.3 Å². The zero-order chi connectivity index (χ0) is 20.1. The van der Waals surface area contributed by atoms with Crippen LogP contribution in [-0.4, -0.2) is 62.9 Å². The van der Waals surface area contributed by atoms with Gasteiger partial charge in [0.15, 0.2) is 17.7 Å². The van der Waals surface area contributed by atoms with Gasteiger partial charge in [0, 0.05) is 18.7 Å². The number of aromatic nitrogens is 1. The Labute approximate surface area is 172 Å². The lowest BCUT2D eigenvalue weighted by Gasteiger charge is -2.38. The van der Waals surface area contributed by atoms with Crippen molar-refractivity contribution in [3.8, 4) is 0 Å². The molecule has 3 aliphatic heterocycles. The first-order valence-corrected chi connectivity index (χ1v) is 10.1. The molecule has 2 atom stereocenters. The minimum Gasteiger partial charge on any atom is -0.447 e. The van der Waals surface area contributed by atoms with Crippen molar-refractivity contribution in [1.82, 2.24) is 5.16 Å². The highest BCUT2D eigenvalue weighted by molar-refractivity contribution is 6.38. The Balaban J connectivity index is 1.66.